The highest BCUT2D eigenvalue weighted by Crippen LogP contribution is 2.38. The first-order valence-electron chi connectivity index (χ1n) is 12.9. The fraction of sp³-hybridized carbons (Fsp3) is 0.188. The van der Waals surface area contributed by atoms with E-state index < -0.39 is 26.9 Å². The summed E-state index contributed by atoms with van der Waals surface area (Å²) in [6, 6.07) is 34.8. The van der Waals surface area contributed by atoms with E-state index >= 15 is 0 Å². The lowest BCUT2D eigenvalue weighted by atomic mass is 9.94. The molecule has 2 unspecified atom stereocenters. The van der Waals surface area contributed by atoms with Crippen LogP contribution in [0.25, 0.3) is 0 Å². The molecule has 0 radical (unpaired) electrons. The third-order valence-corrected chi connectivity index (χ3v) is 10.1. The van der Waals surface area contributed by atoms with E-state index in [9.17, 15) is 18.9 Å². The summed E-state index contributed by atoms with van der Waals surface area (Å²) in [5, 5.41) is 20.1. The third kappa shape index (κ3) is 9.83. The predicted octanol–water partition coefficient (Wildman–Crippen LogP) is 4.76. The van der Waals surface area contributed by atoms with Crippen molar-refractivity contribution in [2.75, 3.05) is 0 Å². The maximum Gasteiger partial charge on any atom is 0.258 e. The molecule has 4 rings (SSSR count). The molecule has 4 aromatic rings. The van der Waals surface area contributed by atoms with Crippen LogP contribution < -0.4 is 21.2 Å². The Kier molecular flexibility index (Phi) is 13.5. The summed E-state index contributed by atoms with van der Waals surface area (Å²) < 4.78 is 24.3. The second-order valence-electron chi connectivity index (χ2n) is 9.16. The van der Waals surface area contributed by atoms with Crippen molar-refractivity contribution in [3.63, 3.8) is 0 Å². The van der Waals surface area contributed by atoms with Gasteiger partial charge < -0.3 is 20.0 Å². The zero-order valence-corrected chi connectivity index (χ0v) is 24.6. The fourth-order valence-electron chi connectivity index (χ4n) is 3.81. The molecule has 0 aromatic heterocycles. The summed E-state index contributed by atoms with van der Waals surface area (Å²) in [5.41, 5.74) is 0. The number of aliphatic hydroxyl groups is 2. The van der Waals surface area contributed by atoms with Crippen LogP contribution in [0.5, 0.6) is 0 Å². The summed E-state index contributed by atoms with van der Waals surface area (Å²) in [6.07, 6.45) is 1.45. The van der Waals surface area contributed by atoms with Gasteiger partial charge in [-0.15, -0.1) is 6.58 Å². The smallest absolute Gasteiger partial charge is 0.258 e. The minimum Gasteiger partial charge on any atom is -0.393 e. The Balaban J connectivity index is 0.000000216. The summed E-state index contributed by atoms with van der Waals surface area (Å²) in [6.45, 7) is 6.91. The van der Waals surface area contributed by atoms with E-state index in [0.29, 0.717) is 27.6 Å². The van der Waals surface area contributed by atoms with Crippen LogP contribution in [0.4, 0.5) is 0 Å². The highest BCUT2D eigenvalue weighted by Gasteiger charge is 2.24. The number of benzene rings is 4. The van der Waals surface area contributed by atoms with Crippen molar-refractivity contribution in [2.24, 2.45) is 5.92 Å². The zero-order chi connectivity index (χ0) is 29.6. The van der Waals surface area contributed by atoms with Crippen LogP contribution >= 0.6 is 14.7 Å². The maximum atomic E-state index is 12.2. The van der Waals surface area contributed by atoms with Gasteiger partial charge in [0, 0.05) is 27.1 Å². The summed E-state index contributed by atoms with van der Waals surface area (Å²) >= 11 is 0. The Morgan fingerprint density at radius 3 is 0.950 bits per heavy atom. The number of hydrogen-bond acceptors (Lipinski definition) is 4. The van der Waals surface area contributed by atoms with Gasteiger partial charge in [0.15, 0.2) is 0 Å². The Labute approximate surface area is 237 Å². The number of allylic oxidation sites excluding steroid dienone is 1. The van der Waals surface area contributed by atoms with E-state index in [1.807, 2.05) is 24.3 Å². The lowest BCUT2D eigenvalue weighted by Crippen LogP contribution is -2.26. The molecule has 4 aromatic carbocycles. The molecule has 0 aliphatic carbocycles. The SMILES string of the molecule is C=CCC(C(C)O)C(C)O.O=P(O)(c1ccccc1)c1ccccc1.O=P(O)(c1ccccc1)c1ccccc1. The quantitative estimate of drug-likeness (QED) is 0.177. The number of hydrogen-bond donors (Lipinski definition) is 4. The van der Waals surface area contributed by atoms with Crippen molar-refractivity contribution in [1.29, 1.82) is 0 Å². The molecule has 0 aliphatic rings. The highest BCUT2D eigenvalue weighted by atomic mass is 31.2. The second kappa shape index (κ2) is 16.2. The van der Waals surface area contributed by atoms with E-state index in [4.69, 9.17) is 10.2 Å². The first-order valence-corrected chi connectivity index (χ1v) is 16.2. The molecule has 0 spiro atoms. The molecule has 0 fully saturated rings. The van der Waals surface area contributed by atoms with Gasteiger partial charge in [0.05, 0.1) is 12.2 Å². The molecule has 40 heavy (non-hydrogen) atoms. The van der Waals surface area contributed by atoms with Gasteiger partial charge in [-0.3, -0.25) is 9.13 Å². The largest absolute Gasteiger partial charge is 0.393 e. The lowest BCUT2D eigenvalue weighted by Gasteiger charge is -2.20. The average molecular weight is 581 g/mol. The van der Waals surface area contributed by atoms with E-state index in [0.717, 1.165) is 0 Å². The lowest BCUT2D eigenvalue weighted by molar-refractivity contribution is 0.0335. The van der Waals surface area contributed by atoms with Crippen LogP contribution in [0.1, 0.15) is 20.3 Å². The predicted molar refractivity (Wildman–Crippen MR) is 166 cm³/mol. The van der Waals surface area contributed by atoms with Gasteiger partial charge in [-0.1, -0.05) is 78.9 Å². The van der Waals surface area contributed by atoms with Crippen LogP contribution in [0.2, 0.25) is 0 Å². The average Bonchev–Trinajstić information content (AvgIpc) is 2.98. The van der Waals surface area contributed by atoms with Gasteiger partial charge in [-0.2, -0.15) is 0 Å². The zero-order valence-electron chi connectivity index (χ0n) is 22.8. The van der Waals surface area contributed by atoms with Crippen molar-refractivity contribution < 1.29 is 29.1 Å². The molecule has 4 N–H and O–H groups in total. The molecule has 0 heterocycles. The molecule has 0 saturated carbocycles. The molecule has 0 aliphatic heterocycles. The number of rotatable bonds is 8. The van der Waals surface area contributed by atoms with Crippen molar-refractivity contribution >= 4 is 36.0 Å². The van der Waals surface area contributed by atoms with Crippen LogP contribution in [0.15, 0.2) is 134 Å². The Morgan fingerprint density at radius 1 is 0.575 bits per heavy atom. The van der Waals surface area contributed by atoms with Crippen molar-refractivity contribution in [3.05, 3.63) is 134 Å². The Bertz CT molecular complexity index is 1170. The minimum absolute atomic E-state index is 0.0718. The first kappa shape index (κ1) is 33.1. The third-order valence-electron chi connectivity index (χ3n) is 6.10. The van der Waals surface area contributed by atoms with Crippen molar-refractivity contribution in [2.45, 2.75) is 32.5 Å². The fourth-order valence-corrected chi connectivity index (χ4v) is 6.71. The Hall–Kier alpha value is -3.08. The normalized spacial score (nSPS) is 13.3. The van der Waals surface area contributed by atoms with Gasteiger partial charge in [0.2, 0.25) is 0 Å². The van der Waals surface area contributed by atoms with Crippen molar-refractivity contribution in [1.82, 2.24) is 0 Å². The van der Waals surface area contributed by atoms with Crippen LogP contribution in [0, 0.1) is 5.92 Å². The standard InChI is InChI=1S/2C12H11O2P.C8H16O2/c2*13-15(14,11-7-3-1-4-8-11)12-9-5-2-6-10-12;1-4-5-8(6(2)9)7(3)10/h2*1-10H,(H,13,14);4,6-10H,1,5H2,2-3H3. The molecular formula is C32H38O6P2. The van der Waals surface area contributed by atoms with E-state index in [2.05, 4.69) is 6.58 Å². The highest BCUT2D eigenvalue weighted by molar-refractivity contribution is 7.73. The second-order valence-corrected chi connectivity index (χ2v) is 13.5. The molecule has 212 valence electrons. The van der Waals surface area contributed by atoms with Gasteiger partial charge in [-0.25, -0.2) is 0 Å². The molecule has 2 atom stereocenters. The molecule has 0 saturated heterocycles. The van der Waals surface area contributed by atoms with Gasteiger partial charge in [0.1, 0.15) is 0 Å². The van der Waals surface area contributed by atoms with Crippen LogP contribution in [0.3, 0.4) is 0 Å². The van der Waals surface area contributed by atoms with E-state index in [-0.39, 0.29) is 5.92 Å². The van der Waals surface area contributed by atoms with Gasteiger partial charge in [0.25, 0.3) is 14.7 Å². The monoisotopic (exact) mass is 580 g/mol. The molecule has 6 nitrogen and oxygen atoms in total. The van der Waals surface area contributed by atoms with Gasteiger partial charge in [-0.05, 0) is 68.8 Å². The van der Waals surface area contributed by atoms with Crippen molar-refractivity contribution in [3.8, 4) is 0 Å². The molecule has 0 amide bonds. The van der Waals surface area contributed by atoms with E-state index in [1.54, 1.807) is 117 Å². The van der Waals surface area contributed by atoms with E-state index in [1.165, 1.54) is 0 Å². The Morgan fingerprint density at radius 2 is 0.800 bits per heavy atom. The first-order chi connectivity index (χ1) is 19.0. The molecule has 0 bridgehead atoms. The maximum absolute atomic E-state index is 12.2. The summed E-state index contributed by atoms with van der Waals surface area (Å²) in [4.78, 5) is 20.0. The molecular weight excluding hydrogens is 542 g/mol. The molecule has 8 heteroatoms. The summed E-state index contributed by atoms with van der Waals surface area (Å²) in [5.74, 6) is -0.0718. The number of aliphatic hydroxyl groups excluding tert-OH is 2. The minimum atomic E-state index is -3.40. The topological polar surface area (TPSA) is 115 Å². The summed E-state index contributed by atoms with van der Waals surface area (Å²) in [7, 11) is -6.79. The van der Waals surface area contributed by atoms with Gasteiger partial charge >= 0.3 is 0 Å². The van der Waals surface area contributed by atoms with Crippen LogP contribution in [-0.2, 0) is 9.13 Å². The van der Waals surface area contributed by atoms with Crippen LogP contribution in [-0.4, -0.2) is 32.2 Å².